The van der Waals surface area contributed by atoms with Crippen LogP contribution >= 0.6 is 0 Å². The molecule has 0 aliphatic heterocycles. The number of anilines is 2. The van der Waals surface area contributed by atoms with Crippen molar-refractivity contribution in [1.29, 1.82) is 0 Å². The van der Waals surface area contributed by atoms with E-state index in [9.17, 15) is 0 Å². The van der Waals surface area contributed by atoms with Gasteiger partial charge in [0.1, 0.15) is 18.0 Å². The highest BCUT2D eigenvalue weighted by molar-refractivity contribution is 5.47. The fraction of sp³-hybridized carbons (Fsp3) is 0.200. The van der Waals surface area contributed by atoms with E-state index >= 15 is 0 Å². The molecule has 0 atom stereocenters. The minimum Gasteiger partial charge on any atom is -0.366 e. The average molecular weight is 318 g/mol. The molecular weight excluding hydrogens is 296 g/mol. The average Bonchev–Trinajstić information content (AvgIpc) is 2.61. The quantitative estimate of drug-likeness (QED) is 0.711. The summed E-state index contributed by atoms with van der Waals surface area (Å²) < 4.78 is 0. The second kappa shape index (κ2) is 7.59. The van der Waals surface area contributed by atoms with Crippen LogP contribution in [0.2, 0.25) is 0 Å². The Morgan fingerprint density at radius 1 is 0.708 bits per heavy atom. The van der Waals surface area contributed by atoms with Crippen LogP contribution in [0.1, 0.15) is 22.3 Å². The zero-order valence-electron chi connectivity index (χ0n) is 14.1. The number of aromatic nitrogens is 2. The molecule has 0 spiro atoms. The second-order valence-corrected chi connectivity index (χ2v) is 5.85. The maximum absolute atomic E-state index is 4.29. The van der Waals surface area contributed by atoms with Gasteiger partial charge in [-0.05, 0) is 36.1 Å². The molecule has 0 saturated carbocycles. The second-order valence-electron chi connectivity index (χ2n) is 5.85. The Labute approximate surface area is 143 Å². The molecule has 4 heteroatoms. The molecule has 24 heavy (non-hydrogen) atoms. The lowest BCUT2D eigenvalue weighted by molar-refractivity contribution is 1.04. The minimum atomic E-state index is 0.751. The van der Waals surface area contributed by atoms with Gasteiger partial charge in [0.05, 0.1) is 0 Å². The largest absolute Gasteiger partial charge is 0.366 e. The van der Waals surface area contributed by atoms with Crippen molar-refractivity contribution in [2.45, 2.75) is 26.9 Å². The van der Waals surface area contributed by atoms with Crippen LogP contribution in [0.3, 0.4) is 0 Å². The molecule has 1 aromatic heterocycles. The molecule has 0 aliphatic rings. The maximum Gasteiger partial charge on any atom is 0.131 e. The van der Waals surface area contributed by atoms with Gasteiger partial charge in [-0.1, -0.05) is 48.5 Å². The highest BCUT2D eigenvalue weighted by Crippen LogP contribution is 2.14. The van der Waals surface area contributed by atoms with E-state index in [1.54, 1.807) is 6.33 Å². The summed E-state index contributed by atoms with van der Waals surface area (Å²) in [5.74, 6) is 1.64. The fourth-order valence-electron chi connectivity index (χ4n) is 2.54. The zero-order valence-corrected chi connectivity index (χ0v) is 14.1. The number of hydrogen-bond donors (Lipinski definition) is 2. The van der Waals surface area contributed by atoms with Gasteiger partial charge in [-0.25, -0.2) is 9.97 Å². The summed E-state index contributed by atoms with van der Waals surface area (Å²) in [5.41, 5.74) is 5.09. The van der Waals surface area contributed by atoms with Crippen molar-refractivity contribution in [3.05, 3.63) is 83.2 Å². The Bertz CT molecular complexity index is 749. The molecule has 0 unspecified atom stereocenters. The smallest absolute Gasteiger partial charge is 0.131 e. The molecule has 2 N–H and O–H groups in total. The number of nitrogens with one attached hydrogen (secondary N) is 2. The first-order valence-electron chi connectivity index (χ1n) is 8.11. The summed E-state index contributed by atoms with van der Waals surface area (Å²) in [6.07, 6.45) is 1.58. The van der Waals surface area contributed by atoms with E-state index in [1.165, 1.54) is 22.3 Å². The summed E-state index contributed by atoms with van der Waals surface area (Å²) in [5, 5.41) is 6.72. The number of hydrogen-bond acceptors (Lipinski definition) is 4. The van der Waals surface area contributed by atoms with Gasteiger partial charge in [0.2, 0.25) is 0 Å². The molecule has 3 rings (SSSR count). The first-order chi connectivity index (χ1) is 11.7. The Kier molecular flexibility index (Phi) is 5.06. The fourth-order valence-corrected chi connectivity index (χ4v) is 2.54. The first-order valence-corrected chi connectivity index (χ1v) is 8.11. The molecule has 0 radical (unpaired) electrons. The third-order valence-corrected chi connectivity index (χ3v) is 4.11. The van der Waals surface area contributed by atoms with Gasteiger partial charge in [-0.3, -0.25) is 0 Å². The summed E-state index contributed by atoms with van der Waals surface area (Å²) >= 11 is 0. The number of benzene rings is 2. The van der Waals surface area contributed by atoms with Gasteiger partial charge >= 0.3 is 0 Å². The number of rotatable bonds is 6. The van der Waals surface area contributed by atoms with Crippen LogP contribution in [-0.2, 0) is 13.1 Å². The van der Waals surface area contributed by atoms with Crippen molar-refractivity contribution in [1.82, 2.24) is 9.97 Å². The van der Waals surface area contributed by atoms with Gasteiger partial charge in [0.25, 0.3) is 0 Å². The lowest BCUT2D eigenvalue weighted by Crippen LogP contribution is -2.06. The summed E-state index contributed by atoms with van der Waals surface area (Å²) in [7, 11) is 0. The summed E-state index contributed by atoms with van der Waals surface area (Å²) in [6, 6.07) is 18.6. The summed E-state index contributed by atoms with van der Waals surface area (Å²) in [4.78, 5) is 8.59. The van der Waals surface area contributed by atoms with Crippen molar-refractivity contribution in [2.24, 2.45) is 0 Å². The molecule has 0 bridgehead atoms. The Hall–Kier alpha value is -2.88. The zero-order chi connectivity index (χ0) is 16.8. The molecular formula is C20H22N4. The normalized spacial score (nSPS) is 10.4. The van der Waals surface area contributed by atoms with E-state index in [4.69, 9.17) is 0 Å². The standard InChI is InChI=1S/C20H22N4/c1-15-7-3-5-9-17(15)12-21-19-11-20(24-14-23-19)22-13-18-10-6-4-8-16(18)2/h3-11,14H,12-13H2,1-2H3,(H2,21,22,23,24). The molecule has 3 aromatic rings. The van der Waals surface area contributed by atoms with Crippen molar-refractivity contribution in [2.75, 3.05) is 10.6 Å². The van der Waals surface area contributed by atoms with Gasteiger partial charge in [-0.15, -0.1) is 0 Å². The van der Waals surface area contributed by atoms with Gasteiger partial charge in [0.15, 0.2) is 0 Å². The molecule has 122 valence electrons. The number of aryl methyl sites for hydroxylation is 2. The molecule has 0 aliphatic carbocycles. The van der Waals surface area contributed by atoms with Crippen LogP contribution in [0.15, 0.2) is 60.9 Å². The van der Waals surface area contributed by atoms with Gasteiger partial charge in [0, 0.05) is 19.2 Å². The van der Waals surface area contributed by atoms with E-state index in [0.717, 1.165) is 24.7 Å². The Balaban J connectivity index is 1.62. The van der Waals surface area contributed by atoms with Crippen molar-refractivity contribution >= 4 is 11.6 Å². The molecule has 4 nitrogen and oxygen atoms in total. The van der Waals surface area contributed by atoms with Gasteiger partial charge in [-0.2, -0.15) is 0 Å². The van der Waals surface area contributed by atoms with Crippen LogP contribution < -0.4 is 10.6 Å². The first kappa shape index (κ1) is 16.0. The van der Waals surface area contributed by atoms with Crippen LogP contribution in [0.5, 0.6) is 0 Å². The van der Waals surface area contributed by atoms with E-state index < -0.39 is 0 Å². The lowest BCUT2D eigenvalue weighted by Gasteiger charge is -2.11. The van der Waals surface area contributed by atoms with Gasteiger partial charge < -0.3 is 10.6 Å². The molecule has 0 saturated heterocycles. The van der Waals surface area contributed by atoms with Crippen LogP contribution in [0.4, 0.5) is 11.6 Å². The maximum atomic E-state index is 4.29. The Morgan fingerprint density at radius 3 is 1.62 bits per heavy atom. The predicted molar refractivity (Wildman–Crippen MR) is 99.0 cm³/mol. The topological polar surface area (TPSA) is 49.8 Å². The van der Waals surface area contributed by atoms with Crippen molar-refractivity contribution in [3.8, 4) is 0 Å². The highest BCUT2D eigenvalue weighted by atomic mass is 15.1. The molecule has 2 aromatic carbocycles. The number of nitrogens with zero attached hydrogens (tertiary/aromatic N) is 2. The van der Waals surface area contributed by atoms with E-state index in [2.05, 4.69) is 83.0 Å². The lowest BCUT2D eigenvalue weighted by atomic mass is 10.1. The predicted octanol–water partition coefficient (Wildman–Crippen LogP) is 4.32. The molecule has 1 heterocycles. The summed E-state index contributed by atoms with van der Waals surface area (Å²) in [6.45, 7) is 5.74. The molecule has 0 amide bonds. The van der Waals surface area contributed by atoms with Crippen molar-refractivity contribution < 1.29 is 0 Å². The van der Waals surface area contributed by atoms with E-state index in [0.29, 0.717) is 0 Å². The minimum absolute atomic E-state index is 0.751. The highest BCUT2D eigenvalue weighted by Gasteiger charge is 2.02. The van der Waals surface area contributed by atoms with Crippen LogP contribution in [-0.4, -0.2) is 9.97 Å². The third-order valence-electron chi connectivity index (χ3n) is 4.11. The monoisotopic (exact) mass is 318 g/mol. The SMILES string of the molecule is Cc1ccccc1CNc1cc(NCc2ccccc2C)ncn1. The molecule has 0 fully saturated rings. The van der Waals surface area contributed by atoms with E-state index in [-0.39, 0.29) is 0 Å². The van der Waals surface area contributed by atoms with Crippen LogP contribution in [0, 0.1) is 13.8 Å². The van der Waals surface area contributed by atoms with Crippen molar-refractivity contribution in [3.63, 3.8) is 0 Å². The van der Waals surface area contributed by atoms with Crippen LogP contribution in [0.25, 0.3) is 0 Å². The van der Waals surface area contributed by atoms with E-state index in [1.807, 2.05) is 6.07 Å². The Morgan fingerprint density at radius 2 is 1.17 bits per heavy atom. The third kappa shape index (κ3) is 4.10.